The second-order valence-corrected chi connectivity index (χ2v) is 6.97. The maximum atomic E-state index is 11.2. The van der Waals surface area contributed by atoms with Crippen molar-refractivity contribution in [1.82, 2.24) is 0 Å². The Hall–Kier alpha value is -1.83. The summed E-state index contributed by atoms with van der Waals surface area (Å²) in [7, 11) is 2.52. The molecule has 2 rings (SSSR count). The normalized spacial score (nSPS) is 19.0. The molecule has 0 atom stereocenters. The third-order valence-corrected chi connectivity index (χ3v) is 4.84. The number of hydrogen-bond acceptors (Lipinski definition) is 6. The third-order valence-electron chi connectivity index (χ3n) is 4.84. The van der Waals surface area contributed by atoms with E-state index in [1.165, 1.54) is 7.11 Å². The van der Waals surface area contributed by atoms with Gasteiger partial charge in [0.15, 0.2) is 6.29 Å². The van der Waals surface area contributed by atoms with Gasteiger partial charge in [-0.1, -0.05) is 6.08 Å². The quantitative estimate of drug-likeness (QED) is 0.629. The molecule has 1 fully saturated rings. The van der Waals surface area contributed by atoms with Crippen LogP contribution in [0.4, 0.5) is 0 Å². The predicted octanol–water partition coefficient (Wildman–Crippen LogP) is 2.49. The fourth-order valence-corrected chi connectivity index (χ4v) is 2.57. The van der Waals surface area contributed by atoms with E-state index in [1.807, 2.05) is 33.8 Å². The minimum Gasteiger partial charge on any atom is -0.496 e. The highest BCUT2D eigenvalue weighted by Crippen LogP contribution is 2.39. The standard InChI is InChI=1S/C18H26BNO5/c1-17(2)18(3,4)25-19(24-17)14(10-20)7-12-8-16(23-6)13(11-21)9-15(12)22-5/h7-9,11H,10,20H2,1-6H3. The monoisotopic (exact) mass is 347 g/mol. The zero-order valence-corrected chi connectivity index (χ0v) is 15.7. The molecule has 0 saturated carbocycles. The van der Waals surface area contributed by atoms with Crippen molar-refractivity contribution in [1.29, 1.82) is 0 Å². The van der Waals surface area contributed by atoms with E-state index in [-0.39, 0.29) is 6.54 Å². The Kier molecular flexibility index (Phi) is 5.61. The minimum atomic E-state index is -0.545. The molecule has 0 aliphatic carbocycles. The molecular formula is C18H26BNO5. The van der Waals surface area contributed by atoms with Gasteiger partial charge in [0.1, 0.15) is 11.5 Å². The van der Waals surface area contributed by atoms with Crippen LogP contribution >= 0.6 is 0 Å². The number of carbonyl (C=O) groups is 1. The van der Waals surface area contributed by atoms with Gasteiger partial charge in [0.25, 0.3) is 0 Å². The van der Waals surface area contributed by atoms with Gasteiger partial charge in [-0.2, -0.15) is 0 Å². The molecule has 0 radical (unpaired) electrons. The summed E-state index contributed by atoms with van der Waals surface area (Å²) in [6.45, 7) is 8.22. The number of ether oxygens (including phenoxy) is 2. The first-order chi connectivity index (χ1) is 11.7. The van der Waals surface area contributed by atoms with Crippen LogP contribution in [0.1, 0.15) is 43.6 Å². The van der Waals surface area contributed by atoms with Crippen LogP contribution < -0.4 is 15.2 Å². The van der Waals surface area contributed by atoms with Gasteiger partial charge in [0.05, 0.1) is 31.0 Å². The molecule has 1 aromatic rings. The lowest BCUT2D eigenvalue weighted by Gasteiger charge is -2.32. The molecule has 0 bridgehead atoms. The molecule has 1 heterocycles. The maximum absolute atomic E-state index is 11.2. The van der Waals surface area contributed by atoms with Gasteiger partial charge in [-0.3, -0.25) is 4.79 Å². The fourth-order valence-electron chi connectivity index (χ4n) is 2.57. The first kappa shape index (κ1) is 19.5. The summed E-state index contributed by atoms with van der Waals surface area (Å²) in [5.41, 5.74) is 6.97. The van der Waals surface area contributed by atoms with Crippen molar-refractivity contribution in [3.63, 3.8) is 0 Å². The third kappa shape index (κ3) is 3.73. The largest absolute Gasteiger partial charge is 0.496 e. The number of nitrogens with two attached hydrogens (primary N) is 1. The van der Waals surface area contributed by atoms with E-state index in [0.717, 1.165) is 17.3 Å². The number of carbonyl (C=O) groups excluding carboxylic acids is 1. The van der Waals surface area contributed by atoms with Crippen LogP contribution in [0.3, 0.4) is 0 Å². The Labute approximate surface area is 149 Å². The van der Waals surface area contributed by atoms with Crippen molar-refractivity contribution < 1.29 is 23.6 Å². The first-order valence-corrected chi connectivity index (χ1v) is 8.16. The molecule has 1 aliphatic rings. The first-order valence-electron chi connectivity index (χ1n) is 8.16. The van der Waals surface area contributed by atoms with Crippen LogP contribution in [0.5, 0.6) is 11.5 Å². The highest BCUT2D eigenvalue weighted by Gasteiger charge is 2.52. The second kappa shape index (κ2) is 7.19. The van der Waals surface area contributed by atoms with Crippen molar-refractivity contribution in [2.24, 2.45) is 5.73 Å². The van der Waals surface area contributed by atoms with Crippen molar-refractivity contribution in [3.8, 4) is 11.5 Å². The summed E-state index contributed by atoms with van der Waals surface area (Å²) in [5, 5.41) is 0. The van der Waals surface area contributed by atoms with Gasteiger partial charge in [0, 0.05) is 12.1 Å². The van der Waals surface area contributed by atoms with Crippen LogP contribution in [0, 0.1) is 0 Å². The Morgan fingerprint density at radius 3 is 2.00 bits per heavy atom. The summed E-state index contributed by atoms with van der Waals surface area (Å²) in [6.07, 6.45) is 2.59. The van der Waals surface area contributed by atoms with Crippen LogP contribution in [0.2, 0.25) is 0 Å². The van der Waals surface area contributed by atoms with E-state index in [9.17, 15) is 4.79 Å². The van der Waals surface area contributed by atoms with Crippen LogP contribution in [0.25, 0.3) is 6.08 Å². The number of benzene rings is 1. The summed E-state index contributed by atoms with van der Waals surface area (Å²) < 4.78 is 22.8. The van der Waals surface area contributed by atoms with Gasteiger partial charge in [-0.15, -0.1) is 0 Å². The average molecular weight is 347 g/mol. The molecule has 0 spiro atoms. The molecule has 2 N–H and O–H groups in total. The average Bonchev–Trinajstić information content (AvgIpc) is 2.79. The van der Waals surface area contributed by atoms with E-state index in [0.29, 0.717) is 17.1 Å². The maximum Gasteiger partial charge on any atom is 0.491 e. The summed E-state index contributed by atoms with van der Waals surface area (Å²) in [4.78, 5) is 11.2. The molecular weight excluding hydrogens is 321 g/mol. The highest BCUT2D eigenvalue weighted by molar-refractivity contribution is 6.56. The molecule has 0 unspecified atom stereocenters. The minimum absolute atomic E-state index is 0.262. The molecule has 0 amide bonds. The Morgan fingerprint density at radius 1 is 1.08 bits per heavy atom. The van der Waals surface area contributed by atoms with E-state index < -0.39 is 18.3 Å². The molecule has 1 aliphatic heterocycles. The number of methoxy groups -OCH3 is 2. The number of aldehydes is 1. The van der Waals surface area contributed by atoms with Gasteiger partial charge in [-0.05, 0) is 45.3 Å². The molecule has 7 heteroatoms. The highest BCUT2D eigenvalue weighted by atomic mass is 16.7. The van der Waals surface area contributed by atoms with Gasteiger partial charge < -0.3 is 24.5 Å². The van der Waals surface area contributed by atoms with Crippen molar-refractivity contribution in [2.45, 2.75) is 38.9 Å². The lowest BCUT2D eigenvalue weighted by atomic mass is 9.77. The Bertz CT molecular complexity index is 668. The van der Waals surface area contributed by atoms with E-state index in [4.69, 9.17) is 24.5 Å². The Balaban J connectivity index is 2.45. The van der Waals surface area contributed by atoms with Crippen molar-refractivity contribution in [3.05, 3.63) is 28.7 Å². The Morgan fingerprint density at radius 2 is 1.56 bits per heavy atom. The van der Waals surface area contributed by atoms with E-state index >= 15 is 0 Å². The SMILES string of the molecule is COc1cc(C=C(CN)B2OC(C)(C)C(C)(C)O2)c(OC)cc1C=O. The lowest BCUT2D eigenvalue weighted by Crippen LogP contribution is -2.41. The predicted molar refractivity (Wildman–Crippen MR) is 98.0 cm³/mol. The summed E-state index contributed by atoms with van der Waals surface area (Å²) in [6, 6.07) is 3.37. The zero-order chi connectivity index (χ0) is 18.8. The van der Waals surface area contributed by atoms with Crippen LogP contribution in [0.15, 0.2) is 17.6 Å². The van der Waals surface area contributed by atoms with E-state index in [2.05, 4.69) is 0 Å². The fraction of sp³-hybridized carbons (Fsp3) is 0.500. The molecule has 1 aromatic carbocycles. The van der Waals surface area contributed by atoms with Crippen molar-refractivity contribution in [2.75, 3.05) is 20.8 Å². The van der Waals surface area contributed by atoms with Gasteiger partial charge >= 0.3 is 7.12 Å². The smallest absolute Gasteiger partial charge is 0.491 e. The molecule has 0 aromatic heterocycles. The van der Waals surface area contributed by atoms with Gasteiger partial charge in [-0.25, -0.2) is 0 Å². The number of hydrogen-bond donors (Lipinski definition) is 1. The topological polar surface area (TPSA) is 80.0 Å². The van der Waals surface area contributed by atoms with Crippen LogP contribution in [-0.4, -0.2) is 45.4 Å². The molecule has 1 saturated heterocycles. The summed E-state index contributed by atoms with van der Waals surface area (Å²) in [5.74, 6) is 1.01. The second-order valence-electron chi connectivity index (χ2n) is 6.97. The molecule has 6 nitrogen and oxygen atoms in total. The number of rotatable bonds is 6. The zero-order valence-electron chi connectivity index (χ0n) is 15.7. The van der Waals surface area contributed by atoms with Gasteiger partial charge in [0.2, 0.25) is 0 Å². The summed E-state index contributed by atoms with van der Waals surface area (Å²) >= 11 is 0. The van der Waals surface area contributed by atoms with Crippen LogP contribution in [-0.2, 0) is 9.31 Å². The van der Waals surface area contributed by atoms with Crippen molar-refractivity contribution >= 4 is 19.5 Å². The van der Waals surface area contributed by atoms with E-state index in [1.54, 1.807) is 19.2 Å². The lowest BCUT2D eigenvalue weighted by molar-refractivity contribution is 0.00578. The molecule has 25 heavy (non-hydrogen) atoms. The molecule has 136 valence electrons.